The van der Waals surface area contributed by atoms with Crippen molar-refractivity contribution < 1.29 is 4.79 Å². The topological polar surface area (TPSA) is 72.9 Å². The summed E-state index contributed by atoms with van der Waals surface area (Å²) in [6.07, 6.45) is 0. The van der Waals surface area contributed by atoms with Gasteiger partial charge >= 0.3 is 0 Å². The molecule has 3 rings (SSSR count). The Bertz CT molecular complexity index is 914. The number of carbonyl (C=O) groups excluding carboxylic acids is 1. The van der Waals surface area contributed by atoms with E-state index in [4.69, 9.17) is 5.73 Å². The lowest BCUT2D eigenvalue weighted by molar-refractivity contribution is -0.126. The van der Waals surface area contributed by atoms with Gasteiger partial charge in [0.25, 0.3) is 0 Å². The lowest BCUT2D eigenvalue weighted by Crippen LogP contribution is -2.48. The smallest absolute Gasteiger partial charge is 0.244 e. The summed E-state index contributed by atoms with van der Waals surface area (Å²) in [7, 11) is 0. The molecule has 0 spiro atoms. The number of nitrogens with zero attached hydrogens (tertiary/aromatic N) is 2. The van der Waals surface area contributed by atoms with Gasteiger partial charge in [-0.1, -0.05) is 60.7 Å². The van der Waals surface area contributed by atoms with Crippen LogP contribution in [0, 0.1) is 13.8 Å². The van der Waals surface area contributed by atoms with Crippen molar-refractivity contribution in [1.29, 1.82) is 0 Å². The van der Waals surface area contributed by atoms with E-state index in [0.717, 1.165) is 22.5 Å². The van der Waals surface area contributed by atoms with E-state index in [1.165, 1.54) is 5.56 Å². The molecule has 1 unspecified atom stereocenters. The zero-order chi connectivity index (χ0) is 19.4. The molecule has 0 aliphatic carbocycles. The lowest BCUT2D eigenvalue weighted by atomic mass is 9.92. The highest BCUT2D eigenvalue weighted by molar-refractivity contribution is 5.87. The molecule has 0 saturated carbocycles. The summed E-state index contributed by atoms with van der Waals surface area (Å²) in [4.78, 5) is 12.7. The molecule has 5 heteroatoms. The highest BCUT2D eigenvalue weighted by atomic mass is 16.2. The van der Waals surface area contributed by atoms with Crippen molar-refractivity contribution in [2.45, 2.75) is 39.4 Å². The zero-order valence-corrected chi connectivity index (χ0v) is 16.1. The number of hydrogen-bond acceptors (Lipinski definition) is 3. The summed E-state index contributed by atoms with van der Waals surface area (Å²) in [6.45, 7) is 6.85. The second kappa shape index (κ2) is 7.76. The largest absolute Gasteiger partial charge is 0.350 e. The molecule has 1 heterocycles. The van der Waals surface area contributed by atoms with Crippen LogP contribution in [0.5, 0.6) is 0 Å². The molecular formula is C22H26N4O. The first-order valence-electron chi connectivity index (χ1n) is 9.09. The number of carbonyl (C=O) groups is 1. The third kappa shape index (κ3) is 4.09. The minimum absolute atomic E-state index is 0.205. The van der Waals surface area contributed by atoms with Crippen LogP contribution in [0.15, 0.2) is 60.7 Å². The molecule has 140 valence electrons. The van der Waals surface area contributed by atoms with Crippen molar-refractivity contribution in [3.63, 3.8) is 0 Å². The van der Waals surface area contributed by atoms with Crippen molar-refractivity contribution >= 4 is 5.91 Å². The molecule has 1 atom stereocenters. The van der Waals surface area contributed by atoms with Gasteiger partial charge in [0.1, 0.15) is 5.54 Å². The van der Waals surface area contributed by atoms with Gasteiger partial charge in [-0.05, 0) is 31.9 Å². The summed E-state index contributed by atoms with van der Waals surface area (Å²) < 4.78 is 1.98. The second-order valence-corrected chi connectivity index (χ2v) is 7.04. The number of aromatic nitrogens is 2. The van der Waals surface area contributed by atoms with E-state index < -0.39 is 5.54 Å². The van der Waals surface area contributed by atoms with Gasteiger partial charge < -0.3 is 11.1 Å². The van der Waals surface area contributed by atoms with Crippen molar-refractivity contribution in [1.82, 2.24) is 15.1 Å². The Labute approximate surface area is 160 Å². The molecule has 0 bridgehead atoms. The van der Waals surface area contributed by atoms with Crippen molar-refractivity contribution in [2.75, 3.05) is 0 Å². The van der Waals surface area contributed by atoms with E-state index in [-0.39, 0.29) is 5.91 Å². The first kappa shape index (κ1) is 18.9. The maximum Gasteiger partial charge on any atom is 0.244 e. The quantitative estimate of drug-likeness (QED) is 0.708. The number of rotatable bonds is 6. The van der Waals surface area contributed by atoms with Crippen LogP contribution in [-0.2, 0) is 23.4 Å². The summed E-state index contributed by atoms with van der Waals surface area (Å²) in [5.41, 5.74) is 10.2. The van der Waals surface area contributed by atoms with Gasteiger partial charge in [-0.25, -0.2) is 0 Å². The maximum atomic E-state index is 12.7. The first-order chi connectivity index (χ1) is 12.9. The molecule has 0 saturated heterocycles. The van der Waals surface area contributed by atoms with Crippen LogP contribution in [0.3, 0.4) is 0 Å². The second-order valence-electron chi connectivity index (χ2n) is 7.04. The summed E-state index contributed by atoms with van der Waals surface area (Å²) in [5.74, 6) is -0.205. The summed E-state index contributed by atoms with van der Waals surface area (Å²) >= 11 is 0. The van der Waals surface area contributed by atoms with Crippen LogP contribution in [0.25, 0.3) is 0 Å². The van der Waals surface area contributed by atoms with Crippen LogP contribution in [0.2, 0.25) is 0 Å². The Kier molecular flexibility index (Phi) is 5.42. The van der Waals surface area contributed by atoms with Crippen LogP contribution < -0.4 is 11.1 Å². The van der Waals surface area contributed by atoms with Crippen molar-refractivity contribution in [2.24, 2.45) is 5.73 Å². The van der Waals surface area contributed by atoms with Gasteiger partial charge in [-0.2, -0.15) is 5.10 Å². The Morgan fingerprint density at radius 1 is 1.07 bits per heavy atom. The molecule has 0 fully saturated rings. The lowest BCUT2D eigenvalue weighted by Gasteiger charge is -2.24. The van der Waals surface area contributed by atoms with Crippen LogP contribution in [0.4, 0.5) is 0 Å². The molecule has 0 radical (unpaired) electrons. The fraction of sp³-hybridized carbons (Fsp3) is 0.273. The molecule has 2 aromatic carbocycles. The van der Waals surface area contributed by atoms with Crippen molar-refractivity contribution in [3.05, 3.63) is 88.7 Å². The van der Waals surface area contributed by atoms with Gasteiger partial charge in [0.15, 0.2) is 0 Å². The Balaban J connectivity index is 1.72. The molecule has 1 aromatic heterocycles. The fourth-order valence-corrected chi connectivity index (χ4v) is 3.17. The molecule has 1 amide bonds. The van der Waals surface area contributed by atoms with Gasteiger partial charge in [0.2, 0.25) is 5.91 Å². The van der Waals surface area contributed by atoms with E-state index in [9.17, 15) is 4.79 Å². The Hall–Kier alpha value is -2.92. The monoisotopic (exact) mass is 362 g/mol. The predicted octanol–water partition coefficient (Wildman–Crippen LogP) is 3.04. The minimum Gasteiger partial charge on any atom is -0.350 e. The molecule has 0 aliphatic heterocycles. The third-order valence-electron chi connectivity index (χ3n) is 4.98. The average Bonchev–Trinajstić information content (AvgIpc) is 2.94. The Morgan fingerprint density at radius 2 is 1.67 bits per heavy atom. The minimum atomic E-state index is -1.08. The van der Waals surface area contributed by atoms with Crippen molar-refractivity contribution in [3.8, 4) is 0 Å². The number of benzene rings is 2. The van der Waals surface area contributed by atoms with Crippen LogP contribution >= 0.6 is 0 Å². The SMILES string of the molecule is Cc1nn(Cc2ccccc2)c(C)c1CNC(=O)C(C)(N)c1ccccc1. The number of amides is 1. The van der Waals surface area contributed by atoms with E-state index in [1.54, 1.807) is 6.92 Å². The molecule has 0 aliphatic rings. The molecule has 3 N–H and O–H groups in total. The normalized spacial score (nSPS) is 13.2. The Morgan fingerprint density at radius 3 is 2.30 bits per heavy atom. The van der Waals surface area contributed by atoms with Crippen LogP contribution in [-0.4, -0.2) is 15.7 Å². The predicted molar refractivity (Wildman–Crippen MR) is 107 cm³/mol. The first-order valence-corrected chi connectivity index (χ1v) is 9.09. The zero-order valence-electron chi connectivity index (χ0n) is 16.1. The number of nitrogens with one attached hydrogen (secondary N) is 1. The summed E-state index contributed by atoms with van der Waals surface area (Å²) in [5, 5.41) is 7.62. The molecular weight excluding hydrogens is 336 g/mol. The van der Waals surface area contributed by atoms with E-state index in [2.05, 4.69) is 22.5 Å². The average molecular weight is 362 g/mol. The van der Waals surface area contributed by atoms with Gasteiger partial charge in [0, 0.05) is 17.8 Å². The summed E-state index contributed by atoms with van der Waals surface area (Å²) in [6, 6.07) is 19.6. The van der Waals surface area contributed by atoms with Gasteiger partial charge in [-0.15, -0.1) is 0 Å². The third-order valence-corrected chi connectivity index (χ3v) is 4.98. The number of aryl methyl sites for hydroxylation is 1. The molecule has 3 aromatic rings. The highest BCUT2D eigenvalue weighted by Crippen LogP contribution is 2.19. The van der Waals surface area contributed by atoms with E-state index >= 15 is 0 Å². The number of nitrogens with two attached hydrogens (primary N) is 1. The van der Waals surface area contributed by atoms with Gasteiger partial charge in [-0.3, -0.25) is 9.48 Å². The van der Waals surface area contributed by atoms with Gasteiger partial charge in [0.05, 0.1) is 12.2 Å². The number of hydrogen-bond donors (Lipinski definition) is 2. The van der Waals surface area contributed by atoms with Crippen LogP contribution in [0.1, 0.15) is 35.0 Å². The van der Waals surface area contributed by atoms with E-state index in [1.807, 2.05) is 67.1 Å². The standard InChI is InChI=1S/C22H26N4O/c1-16-20(17(2)26(25-16)15-18-10-6-4-7-11-18)14-24-21(27)22(3,23)19-12-8-5-9-13-19/h4-13H,14-15,23H2,1-3H3,(H,24,27). The fourth-order valence-electron chi connectivity index (χ4n) is 3.17. The molecule has 5 nitrogen and oxygen atoms in total. The highest BCUT2D eigenvalue weighted by Gasteiger charge is 2.30. The van der Waals surface area contributed by atoms with E-state index in [0.29, 0.717) is 13.1 Å². The molecule has 27 heavy (non-hydrogen) atoms. The maximum absolute atomic E-state index is 12.7.